The second-order valence-electron chi connectivity index (χ2n) is 4.90. The van der Waals surface area contributed by atoms with Gasteiger partial charge in [-0.2, -0.15) is 0 Å². The quantitative estimate of drug-likeness (QED) is 0.733. The Labute approximate surface area is 119 Å². The third kappa shape index (κ3) is 3.00. The van der Waals surface area contributed by atoms with Crippen molar-refractivity contribution < 1.29 is 13.2 Å². The number of benzene rings is 1. The van der Waals surface area contributed by atoms with E-state index in [9.17, 15) is 13.2 Å². The molecule has 1 aliphatic rings. The van der Waals surface area contributed by atoms with Gasteiger partial charge in [0.2, 0.25) is 15.9 Å². The van der Waals surface area contributed by atoms with Crippen LogP contribution in [0.1, 0.15) is 6.92 Å². The molecule has 3 N–H and O–H groups in total. The van der Waals surface area contributed by atoms with Gasteiger partial charge in [0.15, 0.2) is 0 Å². The van der Waals surface area contributed by atoms with Gasteiger partial charge in [0.25, 0.3) is 0 Å². The zero-order valence-corrected chi connectivity index (χ0v) is 12.3. The van der Waals surface area contributed by atoms with Crippen LogP contribution in [-0.4, -0.2) is 34.5 Å². The summed E-state index contributed by atoms with van der Waals surface area (Å²) in [4.78, 5) is 12.2. The van der Waals surface area contributed by atoms with Crippen LogP contribution in [0.3, 0.4) is 0 Å². The van der Waals surface area contributed by atoms with Crippen molar-refractivity contribution in [2.24, 2.45) is 11.8 Å². The van der Waals surface area contributed by atoms with E-state index in [1.54, 1.807) is 18.2 Å². The smallest absolute Gasteiger partial charge is 0.242 e. The number of nitrogens with one attached hydrogen (secondary N) is 3. The lowest BCUT2D eigenvalue weighted by molar-refractivity contribution is -0.121. The van der Waals surface area contributed by atoms with Gasteiger partial charge in [0.1, 0.15) is 4.90 Å². The summed E-state index contributed by atoms with van der Waals surface area (Å²) in [6, 6.07) is 6.38. The van der Waals surface area contributed by atoms with E-state index >= 15 is 0 Å². The second-order valence-corrected chi connectivity index (χ2v) is 6.75. The fourth-order valence-electron chi connectivity index (χ4n) is 2.04. The first kappa shape index (κ1) is 15.0. The molecule has 1 heterocycles. The average Bonchev–Trinajstić information content (AvgIpc) is 2.37. The number of para-hydroxylation sites is 1. The first-order valence-electron chi connectivity index (χ1n) is 6.50. The molecule has 0 bridgehead atoms. The first-order valence-corrected chi connectivity index (χ1v) is 7.98. The van der Waals surface area contributed by atoms with Crippen molar-refractivity contribution in [2.45, 2.75) is 11.8 Å². The lowest BCUT2D eigenvalue weighted by atomic mass is 9.88. The van der Waals surface area contributed by atoms with E-state index in [0.717, 1.165) is 13.1 Å². The Morgan fingerprint density at radius 1 is 1.35 bits per heavy atom. The predicted octanol–water partition coefficient (Wildman–Crippen LogP) is 0.389. The van der Waals surface area contributed by atoms with E-state index in [-0.39, 0.29) is 16.7 Å². The molecule has 0 spiro atoms. The Bertz CT molecular complexity index is 597. The Kier molecular flexibility index (Phi) is 4.42. The van der Waals surface area contributed by atoms with Crippen LogP contribution in [0.15, 0.2) is 29.2 Å². The van der Waals surface area contributed by atoms with Crippen molar-refractivity contribution in [2.75, 3.05) is 25.5 Å². The van der Waals surface area contributed by atoms with Gasteiger partial charge in [0, 0.05) is 5.92 Å². The topological polar surface area (TPSA) is 87.3 Å². The maximum atomic E-state index is 12.2. The third-order valence-electron chi connectivity index (χ3n) is 3.64. The first-order chi connectivity index (χ1) is 9.45. The van der Waals surface area contributed by atoms with E-state index in [4.69, 9.17) is 0 Å². The van der Waals surface area contributed by atoms with Crippen LogP contribution in [0.25, 0.3) is 0 Å². The van der Waals surface area contributed by atoms with Gasteiger partial charge in [-0.1, -0.05) is 19.1 Å². The fraction of sp³-hybridized carbons (Fsp3) is 0.462. The average molecular weight is 297 g/mol. The van der Waals surface area contributed by atoms with E-state index < -0.39 is 10.0 Å². The molecule has 1 aliphatic heterocycles. The SMILES string of the molecule is CNS(=O)(=O)c1ccccc1NC(=O)C(C)C1CNC1. The Morgan fingerprint density at radius 3 is 2.55 bits per heavy atom. The van der Waals surface area contributed by atoms with Crippen LogP contribution in [0, 0.1) is 11.8 Å². The Morgan fingerprint density at radius 2 is 2.00 bits per heavy atom. The second kappa shape index (κ2) is 5.90. The molecule has 6 nitrogen and oxygen atoms in total. The molecule has 0 aromatic heterocycles. The molecule has 1 aromatic rings. The summed E-state index contributed by atoms with van der Waals surface area (Å²) in [6.45, 7) is 3.51. The summed E-state index contributed by atoms with van der Waals surface area (Å²) in [6.07, 6.45) is 0. The molecular weight excluding hydrogens is 278 g/mol. The summed E-state index contributed by atoms with van der Waals surface area (Å²) in [5.41, 5.74) is 0.311. The van der Waals surface area contributed by atoms with E-state index in [1.807, 2.05) is 6.92 Å². The molecule has 0 aliphatic carbocycles. The third-order valence-corrected chi connectivity index (χ3v) is 5.11. The Hall–Kier alpha value is -1.44. The summed E-state index contributed by atoms with van der Waals surface area (Å²) in [5, 5.41) is 5.83. The molecule has 1 atom stereocenters. The molecule has 1 fully saturated rings. The molecule has 7 heteroatoms. The Balaban J connectivity index is 2.19. The van der Waals surface area contributed by atoms with Gasteiger partial charge < -0.3 is 10.6 Å². The molecule has 0 radical (unpaired) electrons. The van der Waals surface area contributed by atoms with Crippen molar-refractivity contribution in [1.29, 1.82) is 0 Å². The highest BCUT2D eigenvalue weighted by Gasteiger charge is 2.29. The monoisotopic (exact) mass is 297 g/mol. The van der Waals surface area contributed by atoms with Crippen LogP contribution in [0.5, 0.6) is 0 Å². The van der Waals surface area contributed by atoms with Crippen molar-refractivity contribution in [3.05, 3.63) is 24.3 Å². The van der Waals surface area contributed by atoms with Gasteiger partial charge in [-0.3, -0.25) is 4.79 Å². The van der Waals surface area contributed by atoms with Crippen LogP contribution < -0.4 is 15.4 Å². The van der Waals surface area contributed by atoms with Crippen LogP contribution in [-0.2, 0) is 14.8 Å². The number of carbonyl (C=O) groups is 1. The van der Waals surface area contributed by atoms with Gasteiger partial charge >= 0.3 is 0 Å². The molecule has 1 saturated heterocycles. The van der Waals surface area contributed by atoms with Crippen molar-refractivity contribution in [3.8, 4) is 0 Å². The van der Waals surface area contributed by atoms with E-state index in [2.05, 4.69) is 15.4 Å². The molecule has 20 heavy (non-hydrogen) atoms. The van der Waals surface area contributed by atoms with Crippen LogP contribution in [0.2, 0.25) is 0 Å². The fourth-order valence-corrected chi connectivity index (χ4v) is 2.93. The zero-order valence-electron chi connectivity index (χ0n) is 11.5. The maximum Gasteiger partial charge on any atom is 0.242 e. The van der Waals surface area contributed by atoms with E-state index in [0.29, 0.717) is 11.6 Å². The largest absolute Gasteiger partial charge is 0.325 e. The normalized spacial score (nSPS) is 17.3. The number of amides is 1. The summed E-state index contributed by atoms with van der Waals surface area (Å²) in [5.74, 6) is -0.0000755. The number of carbonyl (C=O) groups excluding carboxylic acids is 1. The molecule has 1 aromatic carbocycles. The van der Waals surface area contributed by atoms with Crippen LogP contribution in [0.4, 0.5) is 5.69 Å². The van der Waals surface area contributed by atoms with Crippen molar-refractivity contribution >= 4 is 21.6 Å². The number of sulfonamides is 1. The number of anilines is 1. The van der Waals surface area contributed by atoms with Gasteiger partial charge in [0.05, 0.1) is 5.69 Å². The minimum absolute atomic E-state index is 0.0785. The summed E-state index contributed by atoms with van der Waals surface area (Å²) in [7, 11) is -2.25. The molecule has 0 saturated carbocycles. The predicted molar refractivity (Wildman–Crippen MR) is 76.8 cm³/mol. The van der Waals surface area contributed by atoms with Crippen molar-refractivity contribution in [3.63, 3.8) is 0 Å². The highest BCUT2D eigenvalue weighted by molar-refractivity contribution is 7.89. The van der Waals surface area contributed by atoms with Crippen LogP contribution >= 0.6 is 0 Å². The molecule has 1 unspecified atom stereocenters. The lowest BCUT2D eigenvalue weighted by Crippen LogP contribution is -2.48. The molecule has 110 valence electrons. The zero-order chi connectivity index (χ0) is 14.8. The lowest BCUT2D eigenvalue weighted by Gasteiger charge is -2.31. The van der Waals surface area contributed by atoms with E-state index in [1.165, 1.54) is 13.1 Å². The highest BCUT2D eigenvalue weighted by Crippen LogP contribution is 2.23. The molecular formula is C13H19N3O3S. The summed E-state index contributed by atoms with van der Waals surface area (Å²) >= 11 is 0. The minimum Gasteiger partial charge on any atom is -0.325 e. The number of rotatable bonds is 5. The van der Waals surface area contributed by atoms with Gasteiger partial charge in [-0.15, -0.1) is 0 Å². The summed E-state index contributed by atoms with van der Waals surface area (Å²) < 4.78 is 26.1. The maximum absolute atomic E-state index is 12.2. The minimum atomic E-state index is -3.59. The van der Waals surface area contributed by atoms with Gasteiger partial charge in [-0.25, -0.2) is 13.1 Å². The molecule has 1 amide bonds. The standard InChI is InChI=1S/C13H19N3O3S/c1-9(10-7-15-8-10)13(17)16-11-5-3-4-6-12(11)20(18,19)14-2/h3-6,9-10,14-15H,7-8H2,1-2H3,(H,16,17). The van der Waals surface area contributed by atoms with Gasteiger partial charge in [-0.05, 0) is 38.2 Å². The van der Waals surface area contributed by atoms with Crippen molar-refractivity contribution in [1.82, 2.24) is 10.0 Å². The number of hydrogen-bond acceptors (Lipinski definition) is 4. The highest BCUT2D eigenvalue weighted by atomic mass is 32.2. The molecule has 2 rings (SSSR count). The number of hydrogen-bond donors (Lipinski definition) is 3.